The second-order valence-corrected chi connectivity index (χ2v) is 5.62. The molecule has 0 spiro atoms. The smallest absolute Gasteiger partial charge is 0.175 e. The Hall–Kier alpha value is -0.780. The number of ether oxygens (including phenoxy) is 2. The molecule has 0 atom stereocenters. The SMILES string of the molecule is CCNCc1cc(Br)c(OCCN(CC)CC)c(OC)c1. The van der Waals surface area contributed by atoms with Gasteiger partial charge in [-0.1, -0.05) is 20.8 Å². The summed E-state index contributed by atoms with van der Waals surface area (Å²) >= 11 is 3.59. The molecule has 0 fully saturated rings. The molecule has 0 unspecified atom stereocenters. The van der Waals surface area contributed by atoms with Crippen molar-refractivity contribution >= 4 is 15.9 Å². The van der Waals surface area contributed by atoms with E-state index in [0.717, 1.165) is 48.7 Å². The maximum atomic E-state index is 5.92. The zero-order valence-electron chi connectivity index (χ0n) is 13.5. The van der Waals surface area contributed by atoms with Crippen molar-refractivity contribution in [1.82, 2.24) is 10.2 Å². The van der Waals surface area contributed by atoms with E-state index in [1.165, 1.54) is 5.56 Å². The Morgan fingerprint density at radius 2 is 1.90 bits per heavy atom. The summed E-state index contributed by atoms with van der Waals surface area (Å²) in [4.78, 5) is 2.33. The lowest BCUT2D eigenvalue weighted by molar-refractivity contribution is 0.216. The summed E-state index contributed by atoms with van der Waals surface area (Å²) in [5.41, 5.74) is 1.18. The van der Waals surface area contributed by atoms with Gasteiger partial charge >= 0.3 is 0 Å². The van der Waals surface area contributed by atoms with Crippen LogP contribution in [0, 0.1) is 0 Å². The van der Waals surface area contributed by atoms with E-state index in [9.17, 15) is 0 Å². The number of nitrogens with one attached hydrogen (secondary N) is 1. The standard InChI is InChI=1S/C16H27BrN2O2/c1-5-18-12-13-10-14(17)16(15(11-13)20-4)21-9-8-19(6-2)7-3/h10-11,18H,5-9,12H2,1-4H3. The van der Waals surface area contributed by atoms with Crippen LogP contribution in [-0.4, -0.2) is 44.8 Å². The number of nitrogens with zero attached hydrogens (tertiary/aromatic N) is 1. The maximum Gasteiger partial charge on any atom is 0.175 e. The molecule has 0 saturated carbocycles. The summed E-state index contributed by atoms with van der Waals surface area (Å²) < 4.78 is 12.3. The second-order valence-electron chi connectivity index (χ2n) is 4.76. The maximum absolute atomic E-state index is 5.92. The molecule has 0 aliphatic heterocycles. The van der Waals surface area contributed by atoms with E-state index < -0.39 is 0 Å². The lowest BCUT2D eigenvalue weighted by Crippen LogP contribution is -2.28. The minimum absolute atomic E-state index is 0.656. The molecule has 0 radical (unpaired) electrons. The summed E-state index contributed by atoms with van der Waals surface area (Å²) in [6, 6.07) is 4.11. The Kier molecular flexibility index (Phi) is 8.73. The minimum Gasteiger partial charge on any atom is -0.493 e. The van der Waals surface area contributed by atoms with Gasteiger partial charge in [0, 0.05) is 13.1 Å². The fourth-order valence-corrected chi connectivity index (χ4v) is 2.71. The third kappa shape index (κ3) is 5.85. The molecule has 4 nitrogen and oxygen atoms in total. The van der Waals surface area contributed by atoms with Crippen molar-refractivity contribution in [3.8, 4) is 11.5 Å². The van der Waals surface area contributed by atoms with Gasteiger partial charge < -0.3 is 19.7 Å². The number of methoxy groups -OCH3 is 1. The molecule has 1 N–H and O–H groups in total. The normalized spacial score (nSPS) is 11.0. The van der Waals surface area contributed by atoms with E-state index in [1.807, 2.05) is 6.07 Å². The molecule has 1 aromatic rings. The summed E-state index contributed by atoms with van der Waals surface area (Å²) in [6.07, 6.45) is 0. The third-order valence-corrected chi connectivity index (χ3v) is 4.01. The van der Waals surface area contributed by atoms with Crippen LogP contribution < -0.4 is 14.8 Å². The number of likely N-dealkylation sites (N-methyl/N-ethyl adjacent to an activating group) is 1. The Bertz CT molecular complexity index is 423. The molecular formula is C16H27BrN2O2. The highest BCUT2D eigenvalue weighted by atomic mass is 79.9. The molecular weight excluding hydrogens is 332 g/mol. The number of hydrogen-bond donors (Lipinski definition) is 1. The average Bonchev–Trinajstić information content (AvgIpc) is 2.50. The number of hydrogen-bond acceptors (Lipinski definition) is 4. The van der Waals surface area contributed by atoms with Crippen molar-refractivity contribution in [3.63, 3.8) is 0 Å². The molecule has 21 heavy (non-hydrogen) atoms. The number of rotatable bonds is 10. The fourth-order valence-electron chi connectivity index (χ4n) is 2.10. The Morgan fingerprint density at radius 1 is 1.19 bits per heavy atom. The van der Waals surface area contributed by atoms with Crippen LogP contribution in [0.4, 0.5) is 0 Å². The zero-order chi connectivity index (χ0) is 15.7. The van der Waals surface area contributed by atoms with Crippen molar-refractivity contribution in [2.24, 2.45) is 0 Å². The van der Waals surface area contributed by atoms with Crippen LogP contribution in [0.25, 0.3) is 0 Å². The monoisotopic (exact) mass is 358 g/mol. The van der Waals surface area contributed by atoms with Crippen molar-refractivity contribution < 1.29 is 9.47 Å². The quantitative estimate of drug-likeness (QED) is 0.695. The van der Waals surface area contributed by atoms with E-state index in [4.69, 9.17) is 9.47 Å². The first-order valence-corrected chi connectivity index (χ1v) is 8.37. The Labute approximate surface area is 136 Å². The molecule has 0 bridgehead atoms. The molecule has 0 aliphatic rings. The summed E-state index contributed by atoms with van der Waals surface area (Å²) in [5.74, 6) is 1.56. The van der Waals surface area contributed by atoms with Gasteiger partial charge in [-0.05, 0) is 53.3 Å². The molecule has 0 heterocycles. The van der Waals surface area contributed by atoms with Crippen molar-refractivity contribution in [2.75, 3.05) is 39.9 Å². The van der Waals surface area contributed by atoms with E-state index in [0.29, 0.717) is 6.61 Å². The molecule has 0 aliphatic carbocycles. The number of benzene rings is 1. The van der Waals surface area contributed by atoms with Gasteiger partial charge in [-0.3, -0.25) is 0 Å². The van der Waals surface area contributed by atoms with Gasteiger partial charge in [0.15, 0.2) is 11.5 Å². The van der Waals surface area contributed by atoms with Crippen LogP contribution in [0.1, 0.15) is 26.3 Å². The van der Waals surface area contributed by atoms with Gasteiger partial charge in [0.25, 0.3) is 0 Å². The number of halogens is 1. The second kappa shape index (κ2) is 10.0. The van der Waals surface area contributed by atoms with E-state index in [1.54, 1.807) is 7.11 Å². The van der Waals surface area contributed by atoms with Gasteiger partial charge in [0.05, 0.1) is 11.6 Å². The van der Waals surface area contributed by atoms with E-state index in [-0.39, 0.29) is 0 Å². The third-order valence-electron chi connectivity index (χ3n) is 3.42. The highest BCUT2D eigenvalue weighted by molar-refractivity contribution is 9.10. The largest absolute Gasteiger partial charge is 0.493 e. The summed E-state index contributed by atoms with van der Waals surface area (Å²) in [6.45, 7) is 11.8. The van der Waals surface area contributed by atoms with E-state index >= 15 is 0 Å². The van der Waals surface area contributed by atoms with Crippen molar-refractivity contribution in [3.05, 3.63) is 22.2 Å². The van der Waals surface area contributed by atoms with Gasteiger partial charge in [-0.15, -0.1) is 0 Å². The molecule has 0 saturated heterocycles. The molecule has 1 aromatic carbocycles. The summed E-state index contributed by atoms with van der Waals surface area (Å²) in [5, 5.41) is 3.31. The van der Waals surface area contributed by atoms with Crippen LogP contribution >= 0.6 is 15.9 Å². The van der Waals surface area contributed by atoms with E-state index in [2.05, 4.69) is 53.0 Å². The van der Waals surface area contributed by atoms with Gasteiger partial charge in [0.1, 0.15) is 6.61 Å². The zero-order valence-corrected chi connectivity index (χ0v) is 15.1. The summed E-state index contributed by atoms with van der Waals surface area (Å²) in [7, 11) is 1.68. The highest BCUT2D eigenvalue weighted by Gasteiger charge is 2.12. The molecule has 1 rings (SSSR count). The molecule has 0 aromatic heterocycles. The molecule has 0 amide bonds. The van der Waals surface area contributed by atoms with Gasteiger partial charge in [-0.25, -0.2) is 0 Å². The lowest BCUT2D eigenvalue weighted by atomic mass is 10.2. The molecule has 5 heteroatoms. The first kappa shape index (κ1) is 18.3. The topological polar surface area (TPSA) is 33.7 Å². The van der Waals surface area contributed by atoms with Crippen LogP contribution in [-0.2, 0) is 6.54 Å². The van der Waals surface area contributed by atoms with Crippen molar-refractivity contribution in [2.45, 2.75) is 27.3 Å². The lowest BCUT2D eigenvalue weighted by Gasteiger charge is -2.19. The van der Waals surface area contributed by atoms with Gasteiger partial charge in [0.2, 0.25) is 0 Å². The predicted molar refractivity (Wildman–Crippen MR) is 91.4 cm³/mol. The highest BCUT2D eigenvalue weighted by Crippen LogP contribution is 2.36. The first-order valence-electron chi connectivity index (χ1n) is 7.58. The van der Waals surface area contributed by atoms with Crippen molar-refractivity contribution in [1.29, 1.82) is 0 Å². The van der Waals surface area contributed by atoms with Crippen LogP contribution in [0.2, 0.25) is 0 Å². The molecule has 120 valence electrons. The fraction of sp³-hybridized carbons (Fsp3) is 0.625. The van der Waals surface area contributed by atoms with Crippen LogP contribution in [0.5, 0.6) is 11.5 Å². The van der Waals surface area contributed by atoms with Gasteiger partial charge in [-0.2, -0.15) is 0 Å². The van der Waals surface area contributed by atoms with Crippen LogP contribution in [0.3, 0.4) is 0 Å². The van der Waals surface area contributed by atoms with Crippen LogP contribution in [0.15, 0.2) is 16.6 Å². The first-order chi connectivity index (χ1) is 10.2. The Morgan fingerprint density at radius 3 is 2.48 bits per heavy atom. The average molecular weight is 359 g/mol. The predicted octanol–water partition coefficient (Wildman–Crippen LogP) is 3.29. The minimum atomic E-state index is 0.656. The Balaban J connectivity index is 2.72.